The summed E-state index contributed by atoms with van der Waals surface area (Å²) in [4.78, 5) is 20.9. The predicted octanol–water partition coefficient (Wildman–Crippen LogP) is 4.53. The van der Waals surface area contributed by atoms with Gasteiger partial charge in [-0.25, -0.2) is 14.4 Å². The number of rotatable bonds is 3. The zero-order valence-electron chi connectivity index (χ0n) is 14.4. The molecule has 0 fully saturated rings. The zero-order valence-corrected chi connectivity index (χ0v) is 14.4. The molecule has 0 atom stereocenters. The number of aromatic nitrogens is 2. The van der Waals surface area contributed by atoms with E-state index in [1.807, 2.05) is 0 Å². The van der Waals surface area contributed by atoms with Gasteiger partial charge >= 0.3 is 0 Å². The van der Waals surface area contributed by atoms with Gasteiger partial charge in [0.1, 0.15) is 17.4 Å². The number of hydrogen-bond donors (Lipinski definition) is 2. The molecule has 28 heavy (non-hydrogen) atoms. The molecule has 1 amide bonds. The van der Waals surface area contributed by atoms with Gasteiger partial charge in [-0.15, -0.1) is 0 Å². The van der Waals surface area contributed by atoms with E-state index in [4.69, 9.17) is 0 Å². The van der Waals surface area contributed by atoms with Gasteiger partial charge in [0, 0.05) is 10.9 Å². The lowest BCUT2D eigenvalue weighted by Crippen LogP contribution is -2.14. The molecule has 0 spiro atoms. The Kier molecular flexibility index (Phi) is 4.41. The Morgan fingerprint density at radius 1 is 0.929 bits per heavy atom. The van der Waals surface area contributed by atoms with Crippen molar-refractivity contribution < 1.29 is 18.7 Å². The van der Waals surface area contributed by atoms with Crippen molar-refractivity contribution in [3.8, 4) is 17.0 Å². The minimum atomic E-state index is -0.729. The van der Waals surface area contributed by atoms with E-state index in [1.54, 1.807) is 12.1 Å². The maximum Gasteiger partial charge on any atom is 0.257 e. The molecule has 0 aliphatic carbocycles. The van der Waals surface area contributed by atoms with Crippen molar-refractivity contribution in [1.29, 1.82) is 0 Å². The molecule has 0 bridgehead atoms. The summed E-state index contributed by atoms with van der Waals surface area (Å²) in [7, 11) is 0. The lowest BCUT2D eigenvalue weighted by molar-refractivity contribution is 0.102. The highest BCUT2D eigenvalue weighted by molar-refractivity contribution is 6.12. The molecule has 0 saturated heterocycles. The van der Waals surface area contributed by atoms with Crippen LogP contribution >= 0.6 is 0 Å². The first-order valence-corrected chi connectivity index (χ1v) is 8.33. The first kappa shape index (κ1) is 17.5. The van der Waals surface area contributed by atoms with Gasteiger partial charge in [-0.1, -0.05) is 6.07 Å². The van der Waals surface area contributed by atoms with Crippen molar-refractivity contribution in [2.24, 2.45) is 0 Å². The van der Waals surface area contributed by atoms with Crippen LogP contribution in [0.3, 0.4) is 0 Å². The Balaban J connectivity index is 1.83. The minimum Gasteiger partial charge on any atom is -0.508 e. The molecular weight excluding hydrogens is 364 g/mol. The summed E-state index contributed by atoms with van der Waals surface area (Å²) in [6.45, 7) is 0. The van der Waals surface area contributed by atoms with E-state index in [0.29, 0.717) is 22.2 Å². The third-order valence-corrected chi connectivity index (χ3v) is 4.14. The molecule has 0 saturated carbocycles. The number of carbonyl (C=O) groups is 1. The highest BCUT2D eigenvalue weighted by atomic mass is 19.1. The Bertz CT molecular complexity index is 1190. The van der Waals surface area contributed by atoms with E-state index in [2.05, 4.69) is 15.3 Å². The average Bonchev–Trinajstić information content (AvgIpc) is 2.68. The number of fused-ring (bicyclic) bond motifs is 1. The number of benzene rings is 2. The van der Waals surface area contributed by atoms with Crippen molar-refractivity contribution in [1.82, 2.24) is 9.97 Å². The number of nitrogens with one attached hydrogen (secondary N) is 1. The molecule has 0 aliphatic rings. The first-order chi connectivity index (χ1) is 13.5. The Morgan fingerprint density at radius 3 is 2.46 bits per heavy atom. The summed E-state index contributed by atoms with van der Waals surface area (Å²) in [6.07, 6.45) is 0. The number of nitrogens with zero attached hydrogens (tertiary/aromatic N) is 2. The number of aromatic hydroxyl groups is 1. The molecule has 7 heteroatoms. The summed E-state index contributed by atoms with van der Waals surface area (Å²) >= 11 is 0. The Hall–Kier alpha value is -3.87. The molecule has 4 aromatic rings. The van der Waals surface area contributed by atoms with Crippen molar-refractivity contribution in [2.75, 3.05) is 5.32 Å². The Morgan fingerprint density at radius 2 is 1.71 bits per heavy atom. The maximum atomic E-state index is 13.8. The largest absolute Gasteiger partial charge is 0.508 e. The monoisotopic (exact) mass is 377 g/mol. The number of phenolic OH excluding ortho intramolecular Hbond substituents is 1. The summed E-state index contributed by atoms with van der Waals surface area (Å²) in [6, 6.07) is 15.8. The SMILES string of the molecule is O=C(Nc1cccc(F)n1)c1cc(-c2ccc(O)cc2)nc2ccc(F)cc12. The van der Waals surface area contributed by atoms with Crippen LogP contribution in [0, 0.1) is 11.8 Å². The van der Waals surface area contributed by atoms with E-state index in [9.17, 15) is 18.7 Å². The lowest BCUT2D eigenvalue weighted by Gasteiger charge is -2.11. The quantitative estimate of drug-likeness (QED) is 0.514. The molecule has 2 aromatic carbocycles. The van der Waals surface area contributed by atoms with Gasteiger partial charge in [-0.2, -0.15) is 4.39 Å². The van der Waals surface area contributed by atoms with Crippen LogP contribution in [0.4, 0.5) is 14.6 Å². The summed E-state index contributed by atoms with van der Waals surface area (Å²) in [5.74, 6) is -1.67. The lowest BCUT2D eigenvalue weighted by atomic mass is 10.0. The maximum absolute atomic E-state index is 13.8. The van der Waals surface area contributed by atoms with Crippen molar-refractivity contribution in [2.45, 2.75) is 0 Å². The normalized spacial score (nSPS) is 10.8. The van der Waals surface area contributed by atoms with Gasteiger partial charge < -0.3 is 10.4 Å². The molecule has 0 unspecified atom stereocenters. The molecule has 2 aromatic heterocycles. The van der Waals surface area contributed by atoms with Crippen LogP contribution in [0.15, 0.2) is 66.7 Å². The van der Waals surface area contributed by atoms with E-state index in [0.717, 1.165) is 6.07 Å². The van der Waals surface area contributed by atoms with Gasteiger partial charge in [0.25, 0.3) is 5.91 Å². The fraction of sp³-hybridized carbons (Fsp3) is 0. The third-order valence-electron chi connectivity index (χ3n) is 4.14. The smallest absolute Gasteiger partial charge is 0.257 e. The van der Waals surface area contributed by atoms with Gasteiger partial charge in [0.15, 0.2) is 0 Å². The summed E-state index contributed by atoms with van der Waals surface area (Å²) in [5.41, 5.74) is 1.72. The molecule has 5 nitrogen and oxygen atoms in total. The van der Waals surface area contributed by atoms with E-state index in [-0.39, 0.29) is 17.1 Å². The second-order valence-corrected chi connectivity index (χ2v) is 6.06. The van der Waals surface area contributed by atoms with E-state index >= 15 is 0 Å². The predicted molar refractivity (Wildman–Crippen MR) is 101 cm³/mol. The molecule has 2 heterocycles. The van der Waals surface area contributed by atoms with Gasteiger partial charge in [0.05, 0.1) is 16.8 Å². The topological polar surface area (TPSA) is 75.1 Å². The fourth-order valence-corrected chi connectivity index (χ4v) is 2.83. The highest BCUT2D eigenvalue weighted by Gasteiger charge is 2.16. The van der Waals surface area contributed by atoms with Crippen LogP contribution in [-0.4, -0.2) is 21.0 Å². The van der Waals surface area contributed by atoms with Crippen molar-refractivity contribution in [3.63, 3.8) is 0 Å². The molecule has 138 valence electrons. The van der Waals surface area contributed by atoms with Crippen LogP contribution in [0.25, 0.3) is 22.2 Å². The van der Waals surface area contributed by atoms with Crippen molar-refractivity contribution >= 4 is 22.6 Å². The second-order valence-electron chi connectivity index (χ2n) is 6.06. The van der Waals surface area contributed by atoms with Crippen LogP contribution < -0.4 is 5.32 Å². The van der Waals surface area contributed by atoms with Gasteiger partial charge in [0.2, 0.25) is 5.95 Å². The highest BCUT2D eigenvalue weighted by Crippen LogP contribution is 2.27. The Labute approximate surface area is 158 Å². The standard InChI is InChI=1S/C21H13F2N3O2/c22-13-6-9-17-15(10-13)16(21(28)26-20-3-1-2-19(23)25-20)11-18(24-17)12-4-7-14(27)8-5-12/h1-11,27H,(H,25,26,28). The molecule has 2 N–H and O–H groups in total. The zero-order chi connectivity index (χ0) is 19.7. The minimum absolute atomic E-state index is 0.0394. The average molecular weight is 377 g/mol. The van der Waals surface area contributed by atoms with Crippen LogP contribution in [0.2, 0.25) is 0 Å². The number of amides is 1. The number of carbonyl (C=O) groups excluding carboxylic acids is 1. The fourth-order valence-electron chi connectivity index (χ4n) is 2.83. The first-order valence-electron chi connectivity index (χ1n) is 8.33. The van der Waals surface area contributed by atoms with Crippen LogP contribution in [-0.2, 0) is 0 Å². The second kappa shape index (κ2) is 7.03. The number of phenols is 1. The number of pyridine rings is 2. The van der Waals surface area contributed by atoms with Gasteiger partial charge in [-0.3, -0.25) is 4.79 Å². The molecule has 0 aliphatic heterocycles. The molecule has 0 radical (unpaired) electrons. The van der Waals surface area contributed by atoms with Crippen molar-refractivity contribution in [3.05, 3.63) is 84.1 Å². The summed E-state index contributed by atoms with van der Waals surface area (Å²) in [5, 5.41) is 12.3. The number of halogens is 2. The van der Waals surface area contributed by atoms with Crippen LogP contribution in [0.1, 0.15) is 10.4 Å². The van der Waals surface area contributed by atoms with Gasteiger partial charge in [-0.05, 0) is 60.7 Å². The molecule has 4 rings (SSSR count). The molecular formula is C21H13F2N3O2. The third kappa shape index (κ3) is 3.50. The van der Waals surface area contributed by atoms with Crippen LogP contribution in [0.5, 0.6) is 5.75 Å². The number of anilines is 1. The van der Waals surface area contributed by atoms with E-state index < -0.39 is 17.7 Å². The van der Waals surface area contributed by atoms with E-state index in [1.165, 1.54) is 48.5 Å². The summed E-state index contributed by atoms with van der Waals surface area (Å²) < 4.78 is 27.1. The number of hydrogen-bond acceptors (Lipinski definition) is 4.